The SMILES string of the molecule is COCCOc1cnn(CCO)c1. The molecular weight excluding hydrogens is 172 g/mol. The second-order valence-corrected chi connectivity index (χ2v) is 2.50. The second kappa shape index (κ2) is 5.55. The van der Waals surface area contributed by atoms with Crippen LogP contribution < -0.4 is 4.74 Å². The number of aliphatic hydroxyl groups is 1. The first-order valence-corrected chi connectivity index (χ1v) is 4.12. The van der Waals surface area contributed by atoms with Gasteiger partial charge in [0, 0.05) is 7.11 Å². The van der Waals surface area contributed by atoms with Crippen molar-refractivity contribution in [3.63, 3.8) is 0 Å². The highest BCUT2D eigenvalue weighted by Gasteiger charge is 1.97. The Kier molecular flexibility index (Phi) is 4.28. The molecule has 5 heteroatoms. The number of ether oxygens (including phenoxy) is 2. The van der Waals surface area contributed by atoms with Gasteiger partial charge in [0.25, 0.3) is 0 Å². The van der Waals surface area contributed by atoms with Gasteiger partial charge in [-0.05, 0) is 0 Å². The van der Waals surface area contributed by atoms with Crippen LogP contribution >= 0.6 is 0 Å². The molecule has 0 radical (unpaired) electrons. The molecule has 0 bridgehead atoms. The summed E-state index contributed by atoms with van der Waals surface area (Å²) in [5.74, 6) is 0.700. The third kappa shape index (κ3) is 3.43. The molecule has 1 N–H and O–H groups in total. The average Bonchev–Trinajstić information content (AvgIpc) is 2.54. The van der Waals surface area contributed by atoms with E-state index in [4.69, 9.17) is 14.6 Å². The molecule has 1 heterocycles. The average molecular weight is 186 g/mol. The van der Waals surface area contributed by atoms with Gasteiger partial charge in [-0.3, -0.25) is 4.68 Å². The lowest BCUT2D eigenvalue weighted by atomic mass is 10.6. The van der Waals surface area contributed by atoms with Crippen molar-refractivity contribution in [2.75, 3.05) is 26.9 Å². The summed E-state index contributed by atoms with van der Waals surface area (Å²) in [4.78, 5) is 0. The zero-order valence-corrected chi connectivity index (χ0v) is 7.64. The lowest BCUT2D eigenvalue weighted by Crippen LogP contribution is -2.04. The number of hydrogen-bond acceptors (Lipinski definition) is 4. The van der Waals surface area contributed by atoms with Gasteiger partial charge < -0.3 is 14.6 Å². The summed E-state index contributed by atoms with van der Waals surface area (Å²) < 4.78 is 11.7. The number of aliphatic hydroxyl groups excluding tert-OH is 1. The first kappa shape index (κ1) is 10.0. The van der Waals surface area contributed by atoms with Crippen LogP contribution in [0.25, 0.3) is 0 Å². The molecule has 0 aliphatic heterocycles. The van der Waals surface area contributed by atoms with Crippen molar-refractivity contribution in [2.45, 2.75) is 6.54 Å². The molecule has 0 unspecified atom stereocenters. The van der Waals surface area contributed by atoms with E-state index in [9.17, 15) is 0 Å². The van der Waals surface area contributed by atoms with Crippen molar-refractivity contribution >= 4 is 0 Å². The summed E-state index contributed by atoms with van der Waals surface area (Å²) in [5.41, 5.74) is 0. The maximum Gasteiger partial charge on any atom is 0.157 e. The van der Waals surface area contributed by atoms with Gasteiger partial charge in [0.15, 0.2) is 5.75 Å². The Morgan fingerprint density at radius 1 is 1.54 bits per heavy atom. The topological polar surface area (TPSA) is 56.5 Å². The molecule has 0 fully saturated rings. The Balaban J connectivity index is 2.31. The van der Waals surface area contributed by atoms with Crippen LogP contribution in [-0.4, -0.2) is 41.8 Å². The van der Waals surface area contributed by atoms with E-state index in [-0.39, 0.29) is 6.61 Å². The Morgan fingerprint density at radius 2 is 2.38 bits per heavy atom. The van der Waals surface area contributed by atoms with Gasteiger partial charge >= 0.3 is 0 Å². The molecule has 0 spiro atoms. The maximum atomic E-state index is 8.62. The minimum Gasteiger partial charge on any atom is -0.488 e. The first-order chi connectivity index (χ1) is 6.36. The molecule has 74 valence electrons. The zero-order chi connectivity index (χ0) is 9.52. The third-order valence-corrected chi connectivity index (χ3v) is 1.49. The molecule has 0 saturated heterocycles. The molecule has 0 amide bonds. The van der Waals surface area contributed by atoms with Crippen LogP contribution in [0.5, 0.6) is 5.75 Å². The molecule has 1 rings (SSSR count). The lowest BCUT2D eigenvalue weighted by Gasteiger charge is -2.00. The van der Waals surface area contributed by atoms with Crippen LogP contribution in [-0.2, 0) is 11.3 Å². The van der Waals surface area contributed by atoms with Crippen molar-refractivity contribution in [2.24, 2.45) is 0 Å². The standard InChI is InChI=1S/C8H14N2O3/c1-12-4-5-13-8-6-9-10(7-8)2-3-11/h6-7,11H,2-5H2,1H3. The summed E-state index contributed by atoms with van der Waals surface area (Å²) in [6.07, 6.45) is 3.36. The van der Waals surface area contributed by atoms with E-state index in [2.05, 4.69) is 5.10 Å². The fourth-order valence-electron chi connectivity index (χ4n) is 0.887. The van der Waals surface area contributed by atoms with Gasteiger partial charge in [0.1, 0.15) is 6.61 Å². The molecule has 0 aromatic carbocycles. The minimum atomic E-state index is 0.0825. The molecule has 0 aliphatic rings. The summed E-state index contributed by atoms with van der Waals surface area (Å²) in [7, 11) is 1.62. The molecule has 0 aliphatic carbocycles. The second-order valence-electron chi connectivity index (χ2n) is 2.50. The quantitative estimate of drug-likeness (QED) is 0.630. The maximum absolute atomic E-state index is 8.62. The summed E-state index contributed by atoms with van der Waals surface area (Å²) in [6.45, 7) is 1.65. The van der Waals surface area contributed by atoms with Crippen LogP contribution in [0, 0.1) is 0 Å². The molecule has 5 nitrogen and oxygen atoms in total. The van der Waals surface area contributed by atoms with Gasteiger partial charge in [0.2, 0.25) is 0 Å². The molecule has 13 heavy (non-hydrogen) atoms. The third-order valence-electron chi connectivity index (χ3n) is 1.49. The van der Waals surface area contributed by atoms with Gasteiger partial charge in [-0.2, -0.15) is 5.10 Å². The van der Waals surface area contributed by atoms with Crippen LogP contribution in [0.3, 0.4) is 0 Å². The van der Waals surface area contributed by atoms with Crippen LogP contribution in [0.2, 0.25) is 0 Å². The van der Waals surface area contributed by atoms with Crippen molar-refractivity contribution in [3.8, 4) is 5.75 Å². The monoisotopic (exact) mass is 186 g/mol. The van der Waals surface area contributed by atoms with E-state index in [1.165, 1.54) is 0 Å². The Morgan fingerprint density at radius 3 is 3.08 bits per heavy atom. The zero-order valence-electron chi connectivity index (χ0n) is 7.64. The highest BCUT2D eigenvalue weighted by atomic mass is 16.5. The minimum absolute atomic E-state index is 0.0825. The lowest BCUT2D eigenvalue weighted by molar-refractivity contribution is 0.146. The van der Waals surface area contributed by atoms with Gasteiger partial charge in [-0.1, -0.05) is 0 Å². The van der Waals surface area contributed by atoms with Gasteiger partial charge in [-0.25, -0.2) is 0 Å². The highest BCUT2D eigenvalue weighted by molar-refractivity contribution is 5.11. The number of nitrogens with zero attached hydrogens (tertiary/aromatic N) is 2. The number of rotatable bonds is 6. The van der Waals surface area contributed by atoms with E-state index in [1.54, 1.807) is 24.2 Å². The number of hydrogen-bond donors (Lipinski definition) is 1. The fourth-order valence-corrected chi connectivity index (χ4v) is 0.887. The predicted molar refractivity (Wildman–Crippen MR) is 46.7 cm³/mol. The molecule has 0 atom stereocenters. The van der Waals surface area contributed by atoms with Crippen molar-refractivity contribution in [1.82, 2.24) is 9.78 Å². The smallest absolute Gasteiger partial charge is 0.157 e. The van der Waals surface area contributed by atoms with Gasteiger partial charge in [0.05, 0.1) is 32.2 Å². The highest BCUT2D eigenvalue weighted by Crippen LogP contribution is 2.07. The first-order valence-electron chi connectivity index (χ1n) is 4.12. The molecule has 1 aromatic rings. The molecule has 1 aromatic heterocycles. The van der Waals surface area contributed by atoms with Crippen molar-refractivity contribution < 1.29 is 14.6 Å². The van der Waals surface area contributed by atoms with E-state index >= 15 is 0 Å². The Bertz CT molecular complexity index is 237. The number of aromatic nitrogens is 2. The molecular formula is C8H14N2O3. The van der Waals surface area contributed by atoms with Gasteiger partial charge in [-0.15, -0.1) is 0 Å². The van der Waals surface area contributed by atoms with E-state index in [0.29, 0.717) is 25.5 Å². The Hall–Kier alpha value is -1.07. The van der Waals surface area contributed by atoms with E-state index < -0.39 is 0 Å². The number of methoxy groups -OCH3 is 1. The summed E-state index contributed by atoms with van der Waals surface area (Å²) in [6, 6.07) is 0. The normalized spacial score (nSPS) is 10.3. The van der Waals surface area contributed by atoms with Crippen LogP contribution in [0.1, 0.15) is 0 Å². The van der Waals surface area contributed by atoms with Crippen LogP contribution in [0.15, 0.2) is 12.4 Å². The fraction of sp³-hybridized carbons (Fsp3) is 0.625. The predicted octanol–water partition coefficient (Wildman–Crippen LogP) is -0.0994. The summed E-state index contributed by atoms with van der Waals surface area (Å²) in [5, 5.41) is 12.6. The van der Waals surface area contributed by atoms with E-state index in [1.807, 2.05) is 0 Å². The van der Waals surface area contributed by atoms with E-state index in [0.717, 1.165) is 0 Å². The van der Waals surface area contributed by atoms with Crippen molar-refractivity contribution in [1.29, 1.82) is 0 Å². The van der Waals surface area contributed by atoms with Crippen molar-refractivity contribution in [3.05, 3.63) is 12.4 Å². The Labute approximate surface area is 76.9 Å². The van der Waals surface area contributed by atoms with Crippen LogP contribution in [0.4, 0.5) is 0 Å². The largest absolute Gasteiger partial charge is 0.488 e. The summed E-state index contributed by atoms with van der Waals surface area (Å²) >= 11 is 0. The molecule has 0 saturated carbocycles.